The first kappa shape index (κ1) is 15.1. The quantitative estimate of drug-likeness (QED) is 0.754. The Bertz CT molecular complexity index is 547. The van der Waals surface area contributed by atoms with Crippen molar-refractivity contribution < 1.29 is 19.8 Å². The molecule has 2 atom stereocenters. The molecule has 2 unspecified atom stereocenters. The summed E-state index contributed by atoms with van der Waals surface area (Å²) >= 11 is 0. The van der Waals surface area contributed by atoms with Crippen LogP contribution < -0.4 is 15.1 Å². The van der Waals surface area contributed by atoms with E-state index in [1.807, 2.05) is 36.2 Å². The molecule has 21 heavy (non-hydrogen) atoms. The Labute approximate surface area is 122 Å². The summed E-state index contributed by atoms with van der Waals surface area (Å²) in [5, 5.41) is 20.8. The molecule has 1 aromatic rings. The second-order valence-corrected chi connectivity index (χ2v) is 5.07. The minimum absolute atomic E-state index is 0.450. The summed E-state index contributed by atoms with van der Waals surface area (Å²) in [6.45, 7) is 2.43. The predicted octanol–water partition coefficient (Wildman–Crippen LogP) is 0.486. The maximum atomic E-state index is 12.3. The Morgan fingerprint density at radius 2 is 1.86 bits per heavy atom. The second-order valence-electron chi connectivity index (χ2n) is 5.07. The maximum absolute atomic E-state index is 12.3. The van der Waals surface area contributed by atoms with Gasteiger partial charge in [-0.25, -0.2) is 9.59 Å². The number of nitrogens with zero attached hydrogens (tertiary/aromatic N) is 2. The molecule has 0 saturated heterocycles. The molecule has 2 amide bonds. The van der Waals surface area contributed by atoms with Crippen LogP contribution in [0, 0.1) is 0 Å². The lowest BCUT2D eigenvalue weighted by Crippen LogP contribution is -2.54. The van der Waals surface area contributed by atoms with Gasteiger partial charge in [0.05, 0.1) is 17.5 Å². The molecule has 1 aromatic carbocycles. The minimum Gasteiger partial charge on any atom is -0.480 e. The standard InChI is InChI=1S/C14H19N3O4/c1-9(18)12(13(19)20)15-14(21)17-8-7-16(2)10-5-3-4-6-11(10)17/h3-6,9,12,18H,7-8H2,1-2H3,(H,15,21)(H,19,20). The van der Waals surface area contributed by atoms with Crippen molar-refractivity contribution in [2.24, 2.45) is 0 Å². The fourth-order valence-electron chi connectivity index (χ4n) is 2.32. The third-order valence-electron chi connectivity index (χ3n) is 3.52. The van der Waals surface area contributed by atoms with Crippen molar-refractivity contribution in [3.63, 3.8) is 0 Å². The third-order valence-corrected chi connectivity index (χ3v) is 3.52. The number of rotatable bonds is 3. The zero-order valence-corrected chi connectivity index (χ0v) is 12.0. The number of benzene rings is 1. The normalized spacial score (nSPS) is 16.9. The Hall–Kier alpha value is -2.28. The Balaban J connectivity index is 2.21. The molecule has 7 heteroatoms. The molecular formula is C14H19N3O4. The van der Waals surface area contributed by atoms with Gasteiger partial charge >= 0.3 is 12.0 Å². The molecule has 1 aliphatic rings. The largest absolute Gasteiger partial charge is 0.480 e. The number of aliphatic carboxylic acids is 1. The van der Waals surface area contributed by atoms with E-state index in [-0.39, 0.29) is 0 Å². The molecule has 0 aromatic heterocycles. The third kappa shape index (κ3) is 3.08. The number of carbonyl (C=O) groups is 2. The van der Waals surface area contributed by atoms with Gasteiger partial charge in [-0.2, -0.15) is 0 Å². The monoisotopic (exact) mass is 293 g/mol. The number of hydrogen-bond acceptors (Lipinski definition) is 4. The van der Waals surface area contributed by atoms with Crippen molar-refractivity contribution >= 4 is 23.4 Å². The summed E-state index contributed by atoms with van der Waals surface area (Å²) in [6, 6.07) is 5.56. The van der Waals surface area contributed by atoms with E-state index in [9.17, 15) is 14.7 Å². The summed E-state index contributed by atoms with van der Waals surface area (Å²) in [6.07, 6.45) is -1.17. The highest BCUT2D eigenvalue weighted by molar-refractivity contribution is 5.98. The first-order valence-electron chi connectivity index (χ1n) is 6.71. The Morgan fingerprint density at radius 1 is 1.24 bits per heavy atom. The number of aliphatic hydroxyl groups is 1. The van der Waals surface area contributed by atoms with E-state index in [0.29, 0.717) is 13.1 Å². The number of nitrogens with one attached hydrogen (secondary N) is 1. The number of fused-ring (bicyclic) bond motifs is 1. The molecular weight excluding hydrogens is 274 g/mol. The van der Waals surface area contributed by atoms with Crippen LogP contribution in [0.4, 0.5) is 16.2 Å². The van der Waals surface area contributed by atoms with Gasteiger partial charge in [0.15, 0.2) is 6.04 Å². The van der Waals surface area contributed by atoms with Gasteiger partial charge in [-0.1, -0.05) is 12.1 Å². The molecule has 0 saturated carbocycles. The molecule has 3 N–H and O–H groups in total. The maximum Gasteiger partial charge on any atom is 0.328 e. The molecule has 7 nitrogen and oxygen atoms in total. The first-order valence-corrected chi connectivity index (χ1v) is 6.71. The van der Waals surface area contributed by atoms with E-state index in [1.54, 1.807) is 0 Å². The van der Waals surface area contributed by atoms with Gasteiger partial charge in [0.1, 0.15) is 0 Å². The van der Waals surface area contributed by atoms with Crippen molar-refractivity contribution in [1.29, 1.82) is 0 Å². The van der Waals surface area contributed by atoms with Gasteiger partial charge in [0, 0.05) is 20.1 Å². The number of carbonyl (C=O) groups excluding carboxylic acids is 1. The second kappa shape index (κ2) is 6.01. The molecule has 0 radical (unpaired) electrons. The SMILES string of the molecule is CC(O)C(NC(=O)N1CCN(C)c2ccccc21)C(=O)O. The molecule has 0 fully saturated rings. The number of likely N-dealkylation sites (N-methyl/N-ethyl adjacent to an activating group) is 1. The van der Waals surface area contributed by atoms with Gasteiger partial charge in [0.2, 0.25) is 0 Å². The summed E-state index contributed by atoms with van der Waals surface area (Å²) in [4.78, 5) is 26.9. The van der Waals surface area contributed by atoms with Gasteiger partial charge in [-0.3, -0.25) is 4.90 Å². The van der Waals surface area contributed by atoms with Gasteiger partial charge in [-0.05, 0) is 19.1 Å². The lowest BCUT2D eigenvalue weighted by molar-refractivity contribution is -0.141. The molecule has 0 bridgehead atoms. The number of carboxylic acid groups (broad SMARTS) is 1. The van der Waals surface area contributed by atoms with Crippen molar-refractivity contribution in [2.75, 3.05) is 29.9 Å². The highest BCUT2D eigenvalue weighted by Crippen LogP contribution is 2.31. The smallest absolute Gasteiger partial charge is 0.328 e. The predicted molar refractivity (Wildman–Crippen MR) is 78.7 cm³/mol. The van der Waals surface area contributed by atoms with E-state index in [1.165, 1.54) is 11.8 Å². The number of para-hydroxylation sites is 2. The zero-order chi connectivity index (χ0) is 15.6. The Kier molecular flexibility index (Phi) is 4.32. The van der Waals surface area contributed by atoms with Crippen molar-refractivity contribution in [3.8, 4) is 0 Å². The number of carboxylic acids is 1. The average molecular weight is 293 g/mol. The zero-order valence-electron chi connectivity index (χ0n) is 12.0. The molecule has 0 spiro atoms. The minimum atomic E-state index is -1.33. The highest BCUT2D eigenvalue weighted by atomic mass is 16.4. The van der Waals surface area contributed by atoms with Gasteiger partial charge < -0.3 is 20.4 Å². The number of hydrogen-bond donors (Lipinski definition) is 3. The van der Waals surface area contributed by atoms with Crippen LogP contribution in [0.5, 0.6) is 0 Å². The number of aliphatic hydroxyl groups excluding tert-OH is 1. The number of amides is 2. The fourth-order valence-corrected chi connectivity index (χ4v) is 2.32. The molecule has 2 rings (SSSR count). The Morgan fingerprint density at radius 3 is 2.43 bits per heavy atom. The summed E-state index contributed by atoms with van der Waals surface area (Å²) in [5.74, 6) is -1.26. The summed E-state index contributed by atoms with van der Waals surface area (Å²) in [5.41, 5.74) is 1.63. The molecule has 1 heterocycles. The van der Waals surface area contributed by atoms with E-state index in [4.69, 9.17) is 5.11 Å². The van der Waals surface area contributed by atoms with Crippen molar-refractivity contribution in [1.82, 2.24) is 5.32 Å². The topological polar surface area (TPSA) is 93.1 Å². The van der Waals surface area contributed by atoms with Crippen LogP contribution in [0.1, 0.15) is 6.92 Å². The van der Waals surface area contributed by atoms with Crippen LogP contribution in [-0.2, 0) is 4.79 Å². The fraction of sp³-hybridized carbons (Fsp3) is 0.429. The van der Waals surface area contributed by atoms with E-state index in [2.05, 4.69) is 5.32 Å². The average Bonchev–Trinajstić information content (AvgIpc) is 2.44. The molecule has 114 valence electrons. The van der Waals surface area contributed by atoms with Crippen molar-refractivity contribution in [2.45, 2.75) is 19.1 Å². The summed E-state index contributed by atoms with van der Waals surface area (Å²) < 4.78 is 0. The molecule has 1 aliphatic heterocycles. The highest BCUT2D eigenvalue weighted by Gasteiger charge is 2.30. The van der Waals surface area contributed by atoms with Crippen LogP contribution in [-0.4, -0.2) is 54.5 Å². The number of urea groups is 1. The van der Waals surface area contributed by atoms with Crippen LogP contribution in [0.3, 0.4) is 0 Å². The number of anilines is 2. The van der Waals surface area contributed by atoms with Crippen LogP contribution >= 0.6 is 0 Å². The van der Waals surface area contributed by atoms with E-state index >= 15 is 0 Å². The van der Waals surface area contributed by atoms with Gasteiger partial charge in [0.25, 0.3) is 0 Å². The molecule has 0 aliphatic carbocycles. The van der Waals surface area contributed by atoms with Gasteiger partial charge in [-0.15, -0.1) is 0 Å². The van der Waals surface area contributed by atoms with Crippen LogP contribution in [0.2, 0.25) is 0 Å². The summed E-state index contributed by atoms with van der Waals surface area (Å²) in [7, 11) is 1.93. The van der Waals surface area contributed by atoms with Crippen LogP contribution in [0.15, 0.2) is 24.3 Å². The van der Waals surface area contributed by atoms with Crippen molar-refractivity contribution in [3.05, 3.63) is 24.3 Å². The van der Waals surface area contributed by atoms with E-state index in [0.717, 1.165) is 11.4 Å². The van der Waals surface area contributed by atoms with E-state index < -0.39 is 24.1 Å². The lowest BCUT2D eigenvalue weighted by atomic mass is 10.1. The lowest BCUT2D eigenvalue weighted by Gasteiger charge is -2.36. The first-order chi connectivity index (χ1) is 9.91. The van der Waals surface area contributed by atoms with Crippen LogP contribution in [0.25, 0.3) is 0 Å².